The lowest BCUT2D eigenvalue weighted by Gasteiger charge is -2.09. The normalized spacial score (nSPS) is 10.6. The van der Waals surface area contributed by atoms with Crippen LogP contribution in [0, 0.1) is 11.6 Å². The second-order valence-corrected chi connectivity index (χ2v) is 4.45. The molecule has 0 atom stereocenters. The zero-order valence-corrected chi connectivity index (χ0v) is 11.0. The van der Waals surface area contributed by atoms with Crippen LogP contribution in [0.25, 0.3) is 11.1 Å². The molecule has 2 aromatic carbocycles. The fourth-order valence-electron chi connectivity index (χ4n) is 1.60. The fourth-order valence-corrected chi connectivity index (χ4v) is 2.53. The van der Waals surface area contributed by atoms with E-state index in [1.54, 1.807) is 12.1 Å². The van der Waals surface area contributed by atoms with Gasteiger partial charge in [0.25, 0.3) is 0 Å². The quantitative estimate of drug-likeness (QED) is 0.669. The SMILES string of the molecule is Fc1cccc(-c2cccc(CBr)c2Cl)c1F. The third-order valence-corrected chi connectivity index (χ3v) is 3.51. The Bertz CT molecular complexity index is 555. The van der Waals surface area contributed by atoms with Crippen molar-refractivity contribution in [2.24, 2.45) is 0 Å². The van der Waals surface area contributed by atoms with E-state index < -0.39 is 11.6 Å². The monoisotopic (exact) mass is 316 g/mol. The zero-order valence-electron chi connectivity index (χ0n) is 8.68. The van der Waals surface area contributed by atoms with E-state index >= 15 is 0 Å². The number of hydrogen-bond donors (Lipinski definition) is 0. The smallest absolute Gasteiger partial charge is 0.166 e. The van der Waals surface area contributed by atoms with E-state index in [4.69, 9.17) is 11.6 Å². The first-order valence-corrected chi connectivity index (χ1v) is 6.43. The van der Waals surface area contributed by atoms with Gasteiger partial charge < -0.3 is 0 Å². The van der Waals surface area contributed by atoms with Crippen LogP contribution in [0.15, 0.2) is 36.4 Å². The maximum Gasteiger partial charge on any atom is 0.166 e. The summed E-state index contributed by atoms with van der Waals surface area (Å²) in [5, 5.41) is 1.00. The highest BCUT2D eigenvalue weighted by atomic mass is 79.9. The lowest BCUT2D eigenvalue weighted by atomic mass is 10.0. The molecule has 0 aliphatic heterocycles. The van der Waals surface area contributed by atoms with Crippen molar-refractivity contribution in [1.82, 2.24) is 0 Å². The minimum atomic E-state index is -0.874. The number of hydrogen-bond acceptors (Lipinski definition) is 0. The Morgan fingerprint density at radius 2 is 1.65 bits per heavy atom. The summed E-state index contributed by atoms with van der Waals surface area (Å²) in [5.41, 5.74) is 1.52. The molecule has 0 fully saturated rings. The highest BCUT2D eigenvalue weighted by Gasteiger charge is 2.13. The molecule has 0 heterocycles. The molecule has 0 N–H and O–H groups in total. The van der Waals surface area contributed by atoms with Gasteiger partial charge in [0, 0.05) is 16.5 Å². The van der Waals surface area contributed by atoms with E-state index in [2.05, 4.69) is 15.9 Å². The molecule has 0 aliphatic rings. The molecule has 4 heteroatoms. The van der Waals surface area contributed by atoms with Gasteiger partial charge in [-0.2, -0.15) is 0 Å². The summed E-state index contributed by atoms with van der Waals surface area (Å²) in [6.07, 6.45) is 0. The van der Waals surface area contributed by atoms with E-state index in [-0.39, 0.29) is 5.56 Å². The van der Waals surface area contributed by atoms with Crippen LogP contribution in [0.1, 0.15) is 5.56 Å². The van der Waals surface area contributed by atoms with Crippen molar-refractivity contribution in [1.29, 1.82) is 0 Å². The zero-order chi connectivity index (χ0) is 12.4. The number of benzene rings is 2. The van der Waals surface area contributed by atoms with Crippen LogP contribution in [-0.2, 0) is 5.33 Å². The van der Waals surface area contributed by atoms with Gasteiger partial charge in [0.15, 0.2) is 11.6 Å². The fraction of sp³-hybridized carbons (Fsp3) is 0.0769. The summed E-state index contributed by atoms with van der Waals surface area (Å²) in [7, 11) is 0. The molecule has 0 radical (unpaired) electrons. The largest absolute Gasteiger partial charge is 0.204 e. The lowest BCUT2D eigenvalue weighted by molar-refractivity contribution is 0.511. The van der Waals surface area contributed by atoms with Gasteiger partial charge in [-0.15, -0.1) is 0 Å². The minimum Gasteiger partial charge on any atom is -0.204 e. The maximum absolute atomic E-state index is 13.7. The summed E-state index contributed by atoms with van der Waals surface area (Å²) >= 11 is 9.44. The van der Waals surface area contributed by atoms with Gasteiger partial charge in [-0.25, -0.2) is 8.78 Å². The van der Waals surface area contributed by atoms with E-state index in [9.17, 15) is 8.78 Å². The average molecular weight is 318 g/mol. The topological polar surface area (TPSA) is 0 Å². The first-order valence-electron chi connectivity index (χ1n) is 4.93. The van der Waals surface area contributed by atoms with Crippen molar-refractivity contribution in [3.63, 3.8) is 0 Å². The van der Waals surface area contributed by atoms with Crippen LogP contribution in [-0.4, -0.2) is 0 Å². The Balaban J connectivity index is 2.65. The van der Waals surface area contributed by atoms with Crippen LogP contribution in [0.5, 0.6) is 0 Å². The van der Waals surface area contributed by atoms with Gasteiger partial charge in [0.05, 0.1) is 5.02 Å². The van der Waals surface area contributed by atoms with Gasteiger partial charge in [-0.3, -0.25) is 0 Å². The van der Waals surface area contributed by atoms with Crippen LogP contribution in [0.3, 0.4) is 0 Å². The summed E-state index contributed by atoms with van der Waals surface area (Å²) in [5.74, 6) is -1.75. The van der Waals surface area contributed by atoms with Gasteiger partial charge in [-0.1, -0.05) is 57.9 Å². The predicted octanol–water partition coefficient (Wildman–Crippen LogP) is 5.18. The Morgan fingerprint density at radius 1 is 1.00 bits per heavy atom. The van der Waals surface area contributed by atoms with Crippen molar-refractivity contribution in [3.05, 3.63) is 58.6 Å². The van der Waals surface area contributed by atoms with E-state index in [1.165, 1.54) is 12.1 Å². The highest BCUT2D eigenvalue weighted by molar-refractivity contribution is 9.08. The van der Waals surface area contributed by atoms with E-state index in [0.29, 0.717) is 15.9 Å². The molecular weight excluding hydrogens is 309 g/mol. The molecule has 0 amide bonds. The molecule has 0 spiro atoms. The lowest BCUT2D eigenvalue weighted by Crippen LogP contribution is -1.91. The third kappa shape index (κ3) is 2.35. The molecule has 2 aromatic rings. The molecule has 0 saturated heterocycles. The van der Waals surface area contributed by atoms with Crippen LogP contribution < -0.4 is 0 Å². The van der Waals surface area contributed by atoms with Crippen molar-refractivity contribution >= 4 is 27.5 Å². The maximum atomic E-state index is 13.7. The highest BCUT2D eigenvalue weighted by Crippen LogP contribution is 2.33. The van der Waals surface area contributed by atoms with Crippen molar-refractivity contribution in [2.75, 3.05) is 0 Å². The van der Waals surface area contributed by atoms with Gasteiger partial charge in [0.2, 0.25) is 0 Å². The number of alkyl halides is 1. The van der Waals surface area contributed by atoms with Gasteiger partial charge >= 0.3 is 0 Å². The molecule has 17 heavy (non-hydrogen) atoms. The average Bonchev–Trinajstić information content (AvgIpc) is 2.33. The summed E-state index contributed by atoms with van der Waals surface area (Å²) < 4.78 is 26.8. The van der Waals surface area contributed by atoms with Gasteiger partial charge in [-0.05, 0) is 11.6 Å². The van der Waals surface area contributed by atoms with E-state index in [0.717, 1.165) is 11.6 Å². The predicted molar refractivity (Wildman–Crippen MR) is 69.4 cm³/mol. The Labute approximate surface area is 111 Å². The first kappa shape index (κ1) is 12.5. The molecule has 0 aliphatic carbocycles. The number of rotatable bonds is 2. The molecule has 0 bridgehead atoms. The van der Waals surface area contributed by atoms with Crippen molar-refractivity contribution in [3.8, 4) is 11.1 Å². The van der Waals surface area contributed by atoms with Crippen LogP contribution in [0.4, 0.5) is 8.78 Å². The molecular formula is C13H8BrClF2. The summed E-state index contributed by atoms with van der Waals surface area (Å²) in [4.78, 5) is 0. The minimum absolute atomic E-state index is 0.179. The second kappa shape index (κ2) is 5.15. The van der Waals surface area contributed by atoms with Gasteiger partial charge in [0.1, 0.15) is 0 Å². The molecule has 0 unspecified atom stereocenters. The molecule has 0 aromatic heterocycles. The van der Waals surface area contributed by atoms with Crippen molar-refractivity contribution < 1.29 is 8.78 Å². The Kier molecular flexibility index (Phi) is 3.79. The Morgan fingerprint density at radius 3 is 2.35 bits per heavy atom. The standard InChI is InChI=1S/C13H8BrClF2/c14-7-8-3-1-4-9(12(8)15)10-5-2-6-11(16)13(10)17/h1-6H,7H2. The molecule has 2 rings (SSSR count). The third-order valence-electron chi connectivity index (χ3n) is 2.46. The van der Waals surface area contributed by atoms with E-state index in [1.807, 2.05) is 6.07 Å². The van der Waals surface area contributed by atoms with Crippen LogP contribution in [0.2, 0.25) is 5.02 Å². The summed E-state index contributed by atoms with van der Waals surface area (Å²) in [6.45, 7) is 0. The molecule has 0 saturated carbocycles. The molecule has 88 valence electrons. The van der Waals surface area contributed by atoms with Crippen LogP contribution >= 0.6 is 27.5 Å². The summed E-state index contributed by atoms with van der Waals surface area (Å²) in [6, 6.07) is 9.33. The van der Waals surface area contributed by atoms with Crippen molar-refractivity contribution in [2.45, 2.75) is 5.33 Å². The second-order valence-electron chi connectivity index (χ2n) is 3.51. The first-order chi connectivity index (χ1) is 8.15. The molecule has 0 nitrogen and oxygen atoms in total. The number of halogens is 4. The Hall–Kier alpha value is -0.930.